The summed E-state index contributed by atoms with van der Waals surface area (Å²) in [5.74, 6) is -0.109. The summed E-state index contributed by atoms with van der Waals surface area (Å²) in [4.78, 5) is 30.5. The number of fused-ring (bicyclic) bond motifs is 1. The van der Waals surface area contributed by atoms with Gasteiger partial charge in [0, 0.05) is 36.3 Å². The molecular weight excluding hydrogens is 545 g/mol. The molecule has 0 spiro atoms. The third kappa shape index (κ3) is 6.12. The van der Waals surface area contributed by atoms with Crippen LogP contribution in [0.5, 0.6) is 0 Å². The van der Waals surface area contributed by atoms with E-state index in [1.807, 2.05) is 0 Å². The lowest BCUT2D eigenvalue weighted by atomic mass is 9.99. The molecule has 1 saturated heterocycles. The summed E-state index contributed by atoms with van der Waals surface area (Å²) in [5.41, 5.74) is 6.21. The van der Waals surface area contributed by atoms with E-state index in [4.69, 9.17) is 21.8 Å². The molecule has 0 unspecified atom stereocenters. The van der Waals surface area contributed by atoms with Gasteiger partial charge in [-0.15, -0.1) is 11.6 Å². The number of amides is 2. The van der Waals surface area contributed by atoms with Crippen LogP contribution in [-0.2, 0) is 17.5 Å². The minimum absolute atomic E-state index is 0.0764. The number of halogens is 4. The third-order valence-electron chi connectivity index (χ3n) is 6.53. The lowest BCUT2D eigenvalue weighted by Crippen LogP contribution is -2.28. The van der Waals surface area contributed by atoms with Crippen LogP contribution in [0, 0.1) is 0 Å². The highest BCUT2D eigenvalue weighted by Crippen LogP contribution is 2.39. The highest BCUT2D eigenvalue weighted by molar-refractivity contribution is 6.21. The predicted octanol–water partition coefficient (Wildman–Crippen LogP) is 5.88. The van der Waals surface area contributed by atoms with Crippen molar-refractivity contribution in [3.05, 3.63) is 89.3 Å². The maximum atomic E-state index is 14.0. The quantitative estimate of drug-likeness (QED) is 0.223. The average Bonchev–Trinajstić information content (AvgIpc) is 3.56. The lowest BCUT2D eigenvalue weighted by Gasteiger charge is -2.16. The molecule has 11 heteroatoms. The zero-order valence-electron chi connectivity index (χ0n) is 21.0. The van der Waals surface area contributed by atoms with Gasteiger partial charge < -0.3 is 20.4 Å². The van der Waals surface area contributed by atoms with E-state index in [1.54, 1.807) is 47.4 Å². The number of hydrogen-bond donors (Lipinski definition) is 2. The number of nitrogens with two attached hydrogens (primary N) is 1. The molecule has 2 amide bonds. The van der Waals surface area contributed by atoms with Crippen molar-refractivity contribution in [2.75, 3.05) is 18.8 Å². The number of rotatable bonds is 6. The van der Waals surface area contributed by atoms with E-state index in [1.165, 1.54) is 24.4 Å². The Morgan fingerprint density at radius 1 is 1.12 bits per heavy atom. The van der Waals surface area contributed by atoms with Crippen molar-refractivity contribution in [1.29, 1.82) is 0 Å². The molecule has 0 saturated carbocycles. The number of alkyl halides is 4. The van der Waals surface area contributed by atoms with Crippen molar-refractivity contribution in [3.63, 3.8) is 0 Å². The number of carbonyl (C=O) groups excluding carboxylic acids is 2. The van der Waals surface area contributed by atoms with E-state index < -0.39 is 17.6 Å². The van der Waals surface area contributed by atoms with E-state index in [9.17, 15) is 22.8 Å². The van der Waals surface area contributed by atoms with Crippen molar-refractivity contribution in [2.24, 2.45) is 0 Å². The highest BCUT2D eigenvalue weighted by Gasteiger charge is 2.35. The molecule has 3 heterocycles. The molecule has 7 nitrogen and oxygen atoms in total. The van der Waals surface area contributed by atoms with E-state index >= 15 is 0 Å². The van der Waals surface area contributed by atoms with Gasteiger partial charge in [0.15, 0.2) is 0 Å². The number of carbonyl (C=O) groups is 2. The molecule has 40 heavy (non-hydrogen) atoms. The molecule has 2 aromatic heterocycles. The molecule has 4 aromatic rings. The second-order valence-electron chi connectivity index (χ2n) is 9.43. The second kappa shape index (κ2) is 11.1. The molecule has 1 atom stereocenters. The van der Waals surface area contributed by atoms with Gasteiger partial charge in [0.2, 0.25) is 5.91 Å². The predicted molar refractivity (Wildman–Crippen MR) is 146 cm³/mol. The van der Waals surface area contributed by atoms with Gasteiger partial charge in [-0.3, -0.25) is 9.59 Å². The molecule has 2 aromatic carbocycles. The Balaban J connectivity index is 1.35. The lowest BCUT2D eigenvalue weighted by molar-refractivity contribution is -0.136. The number of anilines is 1. The van der Waals surface area contributed by atoms with Gasteiger partial charge >= 0.3 is 6.18 Å². The van der Waals surface area contributed by atoms with Crippen LogP contribution in [-0.4, -0.2) is 40.2 Å². The molecule has 3 N–H and O–H groups in total. The van der Waals surface area contributed by atoms with E-state index in [0.717, 1.165) is 12.5 Å². The number of nitrogens with one attached hydrogen (secondary N) is 1. The molecule has 0 bridgehead atoms. The minimum atomic E-state index is -4.67. The molecule has 0 radical (unpaired) electrons. The van der Waals surface area contributed by atoms with Crippen molar-refractivity contribution in [2.45, 2.75) is 24.5 Å². The van der Waals surface area contributed by atoms with Crippen molar-refractivity contribution >= 4 is 46.3 Å². The average molecular weight is 569 g/mol. The molecule has 0 aliphatic carbocycles. The van der Waals surface area contributed by atoms with Gasteiger partial charge in [-0.05, 0) is 71.7 Å². The number of likely N-dealkylation sites (tertiary alicyclic amines) is 1. The Bertz CT molecular complexity index is 1580. The Labute approximate surface area is 232 Å². The maximum Gasteiger partial charge on any atom is 0.420 e. The van der Waals surface area contributed by atoms with Crippen molar-refractivity contribution in [3.8, 4) is 11.1 Å². The molecule has 5 rings (SSSR count). The van der Waals surface area contributed by atoms with Crippen LogP contribution in [0.25, 0.3) is 28.2 Å². The molecule has 1 aliphatic heterocycles. The number of nitrogens with zero attached hydrogens (tertiary/aromatic N) is 2. The number of furan rings is 1. The van der Waals surface area contributed by atoms with E-state index in [0.29, 0.717) is 41.2 Å². The fourth-order valence-corrected chi connectivity index (χ4v) is 4.75. The van der Waals surface area contributed by atoms with E-state index in [-0.39, 0.29) is 34.6 Å². The first kappa shape index (κ1) is 27.3. The summed E-state index contributed by atoms with van der Waals surface area (Å²) in [5, 5.41) is 2.76. The van der Waals surface area contributed by atoms with Crippen LogP contribution < -0.4 is 11.1 Å². The zero-order chi connectivity index (χ0) is 28.4. The van der Waals surface area contributed by atoms with Crippen LogP contribution in [0.3, 0.4) is 0 Å². The standard InChI is InChI=1S/C29H24ClF3N4O3/c30-22-9-10-37(16-22)28(39)19-5-3-18(4-6-19)20-11-21-12-23(40-27(21)24(13-20)29(31,32)33)15-36-26(38)8-2-17-1-7-25(34)35-14-17/h1-8,11-14,22H,9-10,15-16H2,(H2,34,35)(H,36,38)/t22-/m0/s1. The first-order valence-corrected chi connectivity index (χ1v) is 12.9. The van der Waals surface area contributed by atoms with Crippen LogP contribution in [0.2, 0.25) is 0 Å². The van der Waals surface area contributed by atoms with Crippen LogP contribution in [0.15, 0.2) is 71.3 Å². The SMILES string of the molecule is Nc1ccc(C=CC(=O)NCc2cc3cc(-c4ccc(C(=O)N5CC[C@H](Cl)C5)cc4)cc(C(F)(F)F)c3o2)cn1. The molecule has 1 fully saturated rings. The summed E-state index contributed by atoms with van der Waals surface area (Å²) in [7, 11) is 0. The van der Waals surface area contributed by atoms with Gasteiger partial charge in [0.05, 0.1) is 17.5 Å². The zero-order valence-corrected chi connectivity index (χ0v) is 21.8. The fourth-order valence-electron chi connectivity index (χ4n) is 4.48. The Morgan fingerprint density at radius 3 is 2.55 bits per heavy atom. The van der Waals surface area contributed by atoms with Gasteiger partial charge in [-0.25, -0.2) is 4.98 Å². The molecule has 206 valence electrons. The number of pyridine rings is 1. The Kier molecular flexibility index (Phi) is 7.53. The third-order valence-corrected chi connectivity index (χ3v) is 6.89. The molecular formula is C29H24ClF3N4O3. The van der Waals surface area contributed by atoms with Gasteiger partial charge in [0.25, 0.3) is 5.91 Å². The van der Waals surface area contributed by atoms with E-state index in [2.05, 4.69) is 10.3 Å². The first-order chi connectivity index (χ1) is 19.1. The number of nitrogen functional groups attached to an aromatic ring is 1. The number of aromatic nitrogens is 1. The van der Waals surface area contributed by atoms with Gasteiger partial charge in [-0.1, -0.05) is 12.1 Å². The van der Waals surface area contributed by atoms with Crippen LogP contribution in [0.4, 0.5) is 19.0 Å². The van der Waals surface area contributed by atoms with Gasteiger partial charge in [0.1, 0.15) is 17.2 Å². The van der Waals surface area contributed by atoms with Gasteiger partial charge in [-0.2, -0.15) is 13.2 Å². The van der Waals surface area contributed by atoms with Crippen molar-refractivity contribution < 1.29 is 27.2 Å². The first-order valence-electron chi connectivity index (χ1n) is 12.4. The Morgan fingerprint density at radius 2 is 1.90 bits per heavy atom. The summed E-state index contributed by atoms with van der Waals surface area (Å²) in [6.07, 6.45) is 0.365. The second-order valence-corrected chi connectivity index (χ2v) is 10.1. The summed E-state index contributed by atoms with van der Waals surface area (Å²) >= 11 is 6.10. The maximum absolute atomic E-state index is 14.0. The molecule has 1 aliphatic rings. The smallest absolute Gasteiger partial charge is 0.420 e. The normalized spacial score (nSPS) is 15.7. The van der Waals surface area contributed by atoms with Crippen LogP contribution >= 0.6 is 11.6 Å². The monoisotopic (exact) mass is 568 g/mol. The summed E-state index contributed by atoms with van der Waals surface area (Å²) in [6.45, 7) is 0.925. The Hall–Kier alpha value is -4.31. The summed E-state index contributed by atoms with van der Waals surface area (Å²) in [6, 6.07) is 13.8. The summed E-state index contributed by atoms with van der Waals surface area (Å²) < 4.78 is 47.5. The fraction of sp³-hybridized carbons (Fsp3) is 0.207. The van der Waals surface area contributed by atoms with Crippen LogP contribution in [0.1, 0.15) is 33.7 Å². The largest absolute Gasteiger partial charge is 0.459 e. The highest BCUT2D eigenvalue weighted by atomic mass is 35.5. The van der Waals surface area contributed by atoms with Crippen molar-refractivity contribution in [1.82, 2.24) is 15.2 Å². The number of hydrogen-bond acceptors (Lipinski definition) is 5. The topological polar surface area (TPSA) is 101 Å². The number of benzene rings is 2. The minimum Gasteiger partial charge on any atom is -0.459 e.